The van der Waals surface area contributed by atoms with E-state index >= 15 is 0 Å². The van der Waals surface area contributed by atoms with Crippen LogP contribution in [0, 0.1) is 17.2 Å². The molecule has 0 aliphatic rings. The number of carbonyl (C=O) groups excluding carboxylic acids is 2. The minimum absolute atomic E-state index is 0.125. The van der Waals surface area contributed by atoms with Crippen molar-refractivity contribution in [3.05, 3.63) is 0 Å². The van der Waals surface area contributed by atoms with Crippen molar-refractivity contribution < 1.29 is 14.3 Å². The summed E-state index contributed by atoms with van der Waals surface area (Å²) in [4.78, 5) is 21.2. The monoisotopic (exact) mass is 183 g/mol. The van der Waals surface area contributed by atoms with Gasteiger partial charge in [0, 0.05) is 19.3 Å². The molecule has 0 aromatic rings. The molecular weight excluding hydrogens is 170 g/mol. The van der Waals surface area contributed by atoms with Crippen molar-refractivity contribution in [3.63, 3.8) is 0 Å². The number of nitrogens with zero attached hydrogens (tertiary/aromatic N) is 1. The van der Waals surface area contributed by atoms with Crippen molar-refractivity contribution in [1.29, 1.82) is 5.26 Å². The second-order valence-electron chi connectivity index (χ2n) is 2.74. The number of nitriles is 1. The molecule has 0 spiro atoms. The maximum atomic E-state index is 10.8. The van der Waals surface area contributed by atoms with Crippen molar-refractivity contribution in [2.45, 2.75) is 33.1 Å². The van der Waals surface area contributed by atoms with E-state index in [2.05, 4.69) is 10.8 Å². The summed E-state index contributed by atoms with van der Waals surface area (Å²) in [5.74, 6) is -1.28. The van der Waals surface area contributed by atoms with Crippen LogP contribution in [-0.2, 0) is 14.3 Å². The highest BCUT2D eigenvalue weighted by molar-refractivity contribution is 5.83. The molecule has 0 saturated heterocycles. The van der Waals surface area contributed by atoms with Crippen molar-refractivity contribution in [1.82, 2.24) is 0 Å². The molecule has 0 aliphatic heterocycles. The second kappa shape index (κ2) is 6.18. The van der Waals surface area contributed by atoms with Crippen molar-refractivity contribution >= 4 is 11.9 Å². The first-order valence-electron chi connectivity index (χ1n) is 4.21. The number of ether oxygens (including phenoxy) is 1. The third kappa shape index (κ3) is 5.85. The van der Waals surface area contributed by atoms with Gasteiger partial charge in [0.1, 0.15) is 0 Å². The molecule has 72 valence electrons. The van der Waals surface area contributed by atoms with Gasteiger partial charge in [-0.1, -0.05) is 6.92 Å². The van der Waals surface area contributed by atoms with E-state index in [-0.39, 0.29) is 12.3 Å². The summed E-state index contributed by atoms with van der Waals surface area (Å²) in [6, 6.07) is 2.07. The predicted molar refractivity (Wildman–Crippen MR) is 45.4 cm³/mol. The molecular formula is C9H13NO3. The minimum atomic E-state index is -0.602. The summed E-state index contributed by atoms with van der Waals surface area (Å²) in [5, 5.41) is 8.55. The maximum Gasteiger partial charge on any atom is 0.313 e. The molecule has 0 amide bonds. The van der Waals surface area contributed by atoms with Gasteiger partial charge in [0.25, 0.3) is 0 Å². The van der Waals surface area contributed by atoms with E-state index in [1.165, 1.54) is 6.92 Å². The fourth-order valence-electron chi connectivity index (χ4n) is 0.863. The minimum Gasteiger partial charge on any atom is -0.393 e. The first-order chi connectivity index (χ1) is 6.10. The molecule has 0 saturated carbocycles. The fraction of sp³-hybridized carbons (Fsp3) is 0.667. The van der Waals surface area contributed by atoms with E-state index in [4.69, 9.17) is 5.26 Å². The lowest BCUT2D eigenvalue weighted by atomic mass is 10.0. The quantitative estimate of drug-likeness (QED) is 0.488. The van der Waals surface area contributed by atoms with Gasteiger partial charge in [-0.05, 0) is 12.8 Å². The average Bonchev–Trinajstić information content (AvgIpc) is 2.05. The Morgan fingerprint density at radius 3 is 2.54 bits per heavy atom. The molecule has 1 unspecified atom stereocenters. The summed E-state index contributed by atoms with van der Waals surface area (Å²) in [6.45, 7) is 3.06. The van der Waals surface area contributed by atoms with Crippen LogP contribution >= 0.6 is 0 Å². The lowest BCUT2D eigenvalue weighted by Gasteiger charge is -2.03. The zero-order chi connectivity index (χ0) is 10.3. The van der Waals surface area contributed by atoms with Crippen LogP contribution in [0.15, 0.2) is 0 Å². The molecule has 1 atom stereocenters. The second-order valence-corrected chi connectivity index (χ2v) is 2.74. The predicted octanol–water partition coefficient (Wildman–Crippen LogP) is 1.41. The van der Waals surface area contributed by atoms with Crippen LogP contribution in [0.25, 0.3) is 0 Å². The average molecular weight is 183 g/mol. The van der Waals surface area contributed by atoms with E-state index in [1.807, 2.05) is 6.92 Å². The number of hydrogen-bond acceptors (Lipinski definition) is 4. The third-order valence-electron chi connectivity index (χ3n) is 1.63. The van der Waals surface area contributed by atoms with Gasteiger partial charge in [-0.2, -0.15) is 5.26 Å². The Morgan fingerprint density at radius 1 is 1.54 bits per heavy atom. The molecule has 13 heavy (non-hydrogen) atoms. The molecule has 0 radical (unpaired) electrons. The van der Waals surface area contributed by atoms with E-state index < -0.39 is 11.9 Å². The van der Waals surface area contributed by atoms with Gasteiger partial charge >= 0.3 is 11.9 Å². The first-order valence-corrected chi connectivity index (χ1v) is 4.21. The van der Waals surface area contributed by atoms with E-state index in [0.29, 0.717) is 12.8 Å². The van der Waals surface area contributed by atoms with Crippen molar-refractivity contribution in [2.75, 3.05) is 0 Å². The van der Waals surface area contributed by atoms with Gasteiger partial charge in [0.15, 0.2) is 0 Å². The van der Waals surface area contributed by atoms with Crippen molar-refractivity contribution in [2.24, 2.45) is 5.92 Å². The summed E-state index contributed by atoms with van der Waals surface area (Å²) < 4.78 is 4.30. The third-order valence-corrected chi connectivity index (χ3v) is 1.63. The summed E-state index contributed by atoms with van der Waals surface area (Å²) >= 11 is 0. The molecule has 0 fully saturated rings. The number of rotatable bonds is 4. The molecule has 0 N–H and O–H groups in total. The summed E-state index contributed by atoms with van der Waals surface area (Å²) in [6.07, 6.45) is 1.30. The smallest absolute Gasteiger partial charge is 0.313 e. The van der Waals surface area contributed by atoms with Crippen LogP contribution in [0.3, 0.4) is 0 Å². The molecule has 0 bridgehead atoms. The Balaban J connectivity index is 3.70. The largest absolute Gasteiger partial charge is 0.393 e. The van der Waals surface area contributed by atoms with Gasteiger partial charge in [0.2, 0.25) is 0 Å². The molecule has 4 nitrogen and oxygen atoms in total. The Labute approximate surface area is 77.5 Å². The first kappa shape index (κ1) is 11.6. The highest BCUT2D eigenvalue weighted by Crippen LogP contribution is 2.09. The highest BCUT2D eigenvalue weighted by atomic mass is 16.6. The molecule has 0 rings (SSSR count). The Hall–Kier alpha value is -1.37. The van der Waals surface area contributed by atoms with Crippen LogP contribution < -0.4 is 0 Å². The number of hydrogen-bond donors (Lipinski definition) is 0. The fourth-order valence-corrected chi connectivity index (χ4v) is 0.863. The molecule has 0 aromatic carbocycles. The lowest BCUT2D eigenvalue weighted by Crippen LogP contribution is -2.10. The van der Waals surface area contributed by atoms with Gasteiger partial charge < -0.3 is 4.74 Å². The Kier molecular flexibility index (Phi) is 5.53. The standard InChI is InChI=1S/C9H13NO3/c1-3-8(6-10)4-5-9(12)13-7(2)11/h8H,3-5H2,1-2H3. The van der Waals surface area contributed by atoms with E-state index in [0.717, 1.165) is 0 Å². The SMILES string of the molecule is CCC(C#N)CCC(=O)OC(C)=O. The van der Waals surface area contributed by atoms with Crippen LogP contribution in [0.2, 0.25) is 0 Å². The number of carbonyl (C=O) groups is 2. The summed E-state index contributed by atoms with van der Waals surface area (Å²) in [7, 11) is 0. The highest BCUT2D eigenvalue weighted by Gasteiger charge is 2.10. The van der Waals surface area contributed by atoms with E-state index in [1.54, 1.807) is 0 Å². The number of esters is 2. The molecule has 0 aromatic heterocycles. The van der Waals surface area contributed by atoms with Gasteiger partial charge in [-0.3, -0.25) is 9.59 Å². The molecule has 0 heterocycles. The van der Waals surface area contributed by atoms with Gasteiger partial charge in [-0.25, -0.2) is 0 Å². The maximum absolute atomic E-state index is 10.8. The topological polar surface area (TPSA) is 67.2 Å². The molecule has 0 aliphatic carbocycles. The Morgan fingerprint density at radius 2 is 2.15 bits per heavy atom. The lowest BCUT2D eigenvalue weighted by molar-refractivity contribution is -0.158. The van der Waals surface area contributed by atoms with Gasteiger partial charge in [0.05, 0.1) is 6.07 Å². The van der Waals surface area contributed by atoms with Gasteiger partial charge in [-0.15, -0.1) is 0 Å². The van der Waals surface area contributed by atoms with Crippen LogP contribution in [-0.4, -0.2) is 11.9 Å². The van der Waals surface area contributed by atoms with Crippen LogP contribution in [0.5, 0.6) is 0 Å². The van der Waals surface area contributed by atoms with Crippen molar-refractivity contribution in [3.8, 4) is 6.07 Å². The summed E-state index contributed by atoms with van der Waals surface area (Å²) in [5.41, 5.74) is 0. The zero-order valence-electron chi connectivity index (χ0n) is 7.87. The normalized spacial score (nSPS) is 11.5. The zero-order valence-corrected chi connectivity index (χ0v) is 7.87. The van der Waals surface area contributed by atoms with Crippen LogP contribution in [0.1, 0.15) is 33.1 Å². The van der Waals surface area contributed by atoms with E-state index in [9.17, 15) is 9.59 Å². The Bertz CT molecular complexity index is 230. The van der Waals surface area contributed by atoms with Crippen LogP contribution in [0.4, 0.5) is 0 Å². The molecule has 4 heteroatoms.